The van der Waals surface area contributed by atoms with Crippen molar-refractivity contribution in [3.05, 3.63) is 30.4 Å². The van der Waals surface area contributed by atoms with Crippen LogP contribution in [0, 0.1) is 0 Å². The van der Waals surface area contributed by atoms with Crippen molar-refractivity contribution in [1.82, 2.24) is 20.4 Å². The molecule has 1 unspecified atom stereocenters. The molecule has 1 aliphatic rings. The molecule has 1 N–H and O–H groups in total. The third-order valence-electron chi connectivity index (χ3n) is 3.16. The summed E-state index contributed by atoms with van der Waals surface area (Å²) in [5.41, 5.74) is 0.783. The zero-order valence-electron chi connectivity index (χ0n) is 10.7. The molecular formula is C12H14N4O3S. The minimum Gasteiger partial charge on any atom is -0.338 e. The Bertz CT molecular complexity index is 684. The fraction of sp³-hybridized carbons (Fsp3) is 0.417. The third-order valence-corrected chi connectivity index (χ3v) is 4.93. The molecule has 0 aromatic carbocycles. The number of rotatable bonds is 4. The number of pyridine rings is 1. The highest BCUT2D eigenvalue weighted by Gasteiger charge is 2.27. The van der Waals surface area contributed by atoms with Crippen LogP contribution in [0.3, 0.4) is 0 Å². The molecule has 1 aliphatic heterocycles. The summed E-state index contributed by atoms with van der Waals surface area (Å²) in [5, 5.41) is 7.00. The van der Waals surface area contributed by atoms with Crippen LogP contribution in [-0.2, 0) is 16.4 Å². The molecule has 0 aliphatic carbocycles. The molecule has 8 heteroatoms. The molecule has 20 heavy (non-hydrogen) atoms. The minimum atomic E-state index is -2.88. The highest BCUT2D eigenvalue weighted by molar-refractivity contribution is 7.91. The van der Waals surface area contributed by atoms with Crippen molar-refractivity contribution in [2.24, 2.45) is 0 Å². The molecule has 2 aromatic rings. The Morgan fingerprint density at radius 1 is 1.45 bits per heavy atom. The predicted octanol–water partition coefficient (Wildman–Crippen LogP) is 0.408. The lowest BCUT2D eigenvalue weighted by Gasteiger charge is -2.07. The number of sulfone groups is 1. The summed E-state index contributed by atoms with van der Waals surface area (Å²) in [6.07, 6.45) is 3.96. The first-order chi connectivity index (χ1) is 9.62. The van der Waals surface area contributed by atoms with E-state index >= 15 is 0 Å². The number of hydrogen-bond donors (Lipinski definition) is 1. The molecule has 3 rings (SSSR count). The first-order valence-corrected chi connectivity index (χ1v) is 8.11. The molecule has 0 radical (unpaired) electrons. The normalized spacial score (nSPS) is 21.1. The second kappa shape index (κ2) is 5.29. The molecule has 2 aromatic heterocycles. The molecule has 0 saturated carbocycles. The second-order valence-corrected chi connectivity index (χ2v) is 6.96. The highest BCUT2D eigenvalue weighted by Crippen LogP contribution is 2.15. The summed E-state index contributed by atoms with van der Waals surface area (Å²) in [7, 11) is -2.88. The predicted molar refractivity (Wildman–Crippen MR) is 71.4 cm³/mol. The second-order valence-electron chi connectivity index (χ2n) is 4.73. The highest BCUT2D eigenvalue weighted by atomic mass is 32.2. The van der Waals surface area contributed by atoms with Crippen molar-refractivity contribution in [3.63, 3.8) is 0 Å². The van der Waals surface area contributed by atoms with E-state index in [-0.39, 0.29) is 17.5 Å². The van der Waals surface area contributed by atoms with E-state index in [1.54, 1.807) is 18.5 Å². The van der Waals surface area contributed by atoms with E-state index in [2.05, 4.69) is 20.4 Å². The minimum absolute atomic E-state index is 0.0336. The topological polar surface area (TPSA) is 98.0 Å². The summed E-state index contributed by atoms with van der Waals surface area (Å²) in [6.45, 7) is 0.369. The Morgan fingerprint density at radius 2 is 2.35 bits per heavy atom. The van der Waals surface area contributed by atoms with Gasteiger partial charge in [-0.3, -0.25) is 4.98 Å². The van der Waals surface area contributed by atoms with Crippen molar-refractivity contribution in [3.8, 4) is 11.4 Å². The monoisotopic (exact) mass is 294 g/mol. The maximum atomic E-state index is 11.3. The zero-order valence-corrected chi connectivity index (χ0v) is 11.5. The fourth-order valence-corrected chi connectivity index (χ4v) is 3.83. The molecule has 7 nitrogen and oxygen atoms in total. The summed E-state index contributed by atoms with van der Waals surface area (Å²) in [4.78, 5) is 8.24. The first kappa shape index (κ1) is 13.2. The lowest BCUT2D eigenvalue weighted by molar-refractivity contribution is 0.360. The Labute approximate surface area is 116 Å². The Hall–Kier alpha value is -1.80. The van der Waals surface area contributed by atoms with Crippen molar-refractivity contribution >= 4 is 9.84 Å². The van der Waals surface area contributed by atoms with Crippen LogP contribution in [-0.4, -0.2) is 41.1 Å². The van der Waals surface area contributed by atoms with Crippen LogP contribution in [0.15, 0.2) is 29.0 Å². The lowest BCUT2D eigenvalue weighted by atomic mass is 10.2. The van der Waals surface area contributed by atoms with E-state index < -0.39 is 9.84 Å². The summed E-state index contributed by atoms with van der Waals surface area (Å²) in [6, 6.07) is 3.61. The fourth-order valence-electron chi connectivity index (χ4n) is 2.13. The van der Waals surface area contributed by atoms with Crippen LogP contribution >= 0.6 is 0 Å². The van der Waals surface area contributed by atoms with Gasteiger partial charge in [0.25, 0.3) is 0 Å². The summed E-state index contributed by atoms with van der Waals surface area (Å²) >= 11 is 0. The third kappa shape index (κ3) is 3.02. The van der Waals surface area contributed by atoms with Gasteiger partial charge in [-0.05, 0) is 18.6 Å². The quantitative estimate of drug-likeness (QED) is 0.872. The smallest absolute Gasteiger partial charge is 0.240 e. The van der Waals surface area contributed by atoms with Gasteiger partial charge in [0.1, 0.15) is 0 Å². The molecule has 106 valence electrons. The molecule has 0 spiro atoms. The summed E-state index contributed by atoms with van der Waals surface area (Å²) < 4.78 is 27.8. The van der Waals surface area contributed by atoms with Gasteiger partial charge >= 0.3 is 0 Å². The van der Waals surface area contributed by atoms with Gasteiger partial charge in [0.2, 0.25) is 11.7 Å². The van der Waals surface area contributed by atoms with Gasteiger partial charge in [-0.1, -0.05) is 5.16 Å². The van der Waals surface area contributed by atoms with Crippen LogP contribution in [0.5, 0.6) is 0 Å². The number of aromatic nitrogens is 3. The molecular weight excluding hydrogens is 280 g/mol. The van der Waals surface area contributed by atoms with Crippen LogP contribution in [0.4, 0.5) is 0 Å². The van der Waals surface area contributed by atoms with E-state index in [0.717, 1.165) is 5.56 Å². The number of nitrogens with one attached hydrogen (secondary N) is 1. The van der Waals surface area contributed by atoms with E-state index in [9.17, 15) is 8.42 Å². The van der Waals surface area contributed by atoms with Gasteiger partial charge < -0.3 is 9.84 Å². The van der Waals surface area contributed by atoms with E-state index in [1.807, 2.05) is 6.07 Å². The Morgan fingerprint density at radius 3 is 3.05 bits per heavy atom. The standard InChI is InChI=1S/C12H14N4O3S/c17-20(18)5-3-10(8-20)14-7-11-15-12(16-19-11)9-2-1-4-13-6-9/h1-2,4,6,10,14H,3,5,7-8H2. The van der Waals surface area contributed by atoms with Crippen LogP contribution in [0.2, 0.25) is 0 Å². The molecule has 0 bridgehead atoms. The van der Waals surface area contributed by atoms with Gasteiger partial charge in [0, 0.05) is 24.0 Å². The number of hydrogen-bond acceptors (Lipinski definition) is 7. The van der Waals surface area contributed by atoms with Gasteiger partial charge in [0.05, 0.1) is 18.1 Å². The van der Waals surface area contributed by atoms with Gasteiger partial charge in [-0.25, -0.2) is 8.42 Å². The van der Waals surface area contributed by atoms with Crippen LogP contribution in [0.1, 0.15) is 12.3 Å². The maximum absolute atomic E-state index is 11.3. The van der Waals surface area contributed by atoms with Crippen molar-refractivity contribution in [2.45, 2.75) is 19.0 Å². The molecule has 1 atom stereocenters. The summed E-state index contributed by atoms with van der Waals surface area (Å²) in [5.74, 6) is 1.34. The molecule has 3 heterocycles. The van der Waals surface area contributed by atoms with E-state index in [1.165, 1.54) is 0 Å². The number of nitrogens with zero attached hydrogens (tertiary/aromatic N) is 3. The van der Waals surface area contributed by atoms with E-state index in [0.29, 0.717) is 24.7 Å². The van der Waals surface area contributed by atoms with Gasteiger partial charge in [-0.15, -0.1) is 0 Å². The largest absolute Gasteiger partial charge is 0.338 e. The molecule has 0 amide bonds. The maximum Gasteiger partial charge on any atom is 0.240 e. The van der Waals surface area contributed by atoms with Crippen molar-refractivity contribution in [2.75, 3.05) is 11.5 Å². The Balaban J connectivity index is 1.61. The Kier molecular flexibility index (Phi) is 3.49. The van der Waals surface area contributed by atoms with Crippen molar-refractivity contribution in [1.29, 1.82) is 0 Å². The van der Waals surface area contributed by atoms with Gasteiger partial charge in [-0.2, -0.15) is 4.98 Å². The van der Waals surface area contributed by atoms with Gasteiger partial charge in [0.15, 0.2) is 9.84 Å². The van der Waals surface area contributed by atoms with Crippen LogP contribution < -0.4 is 5.32 Å². The SMILES string of the molecule is O=S1(=O)CCC(NCc2nc(-c3cccnc3)no2)C1. The van der Waals surface area contributed by atoms with E-state index in [4.69, 9.17) is 4.52 Å². The average molecular weight is 294 g/mol. The average Bonchev–Trinajstić information content (AvgIpc) is 3.04. The van der Waals surface area contributed by atoms with Crippen LogP contribution in [0.25, 0.3) is 11.4 Å². The molecule has 1 saturated heterocycles. The zero-order chi connectivity index (χ0) is 14.0. The molecule has 1 fully saturated rings. The van der Waals surface area contributed by atoms with Crippen molar-refractivity contribution < 1.29 is 12.9 Å². The first-order valence-electron chi connectivity index (χ1n) is 6.29. The lowest BCUT2D eigenvalue weighted by Crippen LogP contribution is -2.29.